The lowest BCUT2D eigenvalue weighted by Crippen LogP contribution is -2.28. The fourth-order valence-electron chi connectivity index (χ4n) is 1.04. The molecule has 0 saturated heterocycles. The van der Waals surface area contributed by atoms with Gasteiger partial charge in [0.05, 0.1) is 5.56 Å². The average molecular weight is 287 g/mol. The van der Waals surface area contributed by atoms with Gasteiger partial charge in [-0.25, -0.2) is 4.98 Å². The van der Waals surface area contributed by atoms with Crippen molar-refractivity contribution >= 4 is 34.9 Å². The second-order valence-electron chi connectivity index (χ2n) is 3.12. The van der Waals surface area contributed by atoms with E-state index in [1.807, 2.05) is 0 Å². The number of hydrogen-bond donors (Lipinski definition) is 0. The molecular weight excluding hydrogens is 280 g/mol. The molecule has 1 amide bonds. The third kappa shape index (κ3) is 3.47. The molecule has 0 aliphatic carbocycles. The van der Waals surface area contributed by atoms with Gasteiger partial charge in [0.2, 0.25) is 5.91 Å². The number of carbonyl (C=O) groups is 1. The van der Waals surface area contributed by atoms with E-state index in [0.717, 1.165) is 11.0 Å². The molecule has 0 atom stereocenters. The molecule has 0 aliphatic heterocycles. The van der Waals surface area contributed by atoms with Crippen molar-refractivity contribution in [3.63, 3.8) is 0 Å². The van der Waals surface area contributed by atoms with Crippen LogP contribution in [-0.4, -0.2) is 23.8 Å². The van der Waals surface area contributed by atoms with Crippen molar-refractivity contribution in [2.24, 2.45) is 0 Å². The molecule has 1 aromatic rings. The van der Waals surface area contributed by atoms with Crippen LogP contribution in [0.5, 0.6) is 0 Å². The van der Waals surface area contributed by atoms with Crippen molar-refractivity contribution in [1.82, 2.24) is 4.98 Å². The molecule has 8 heteroatoms. The third-order valence-corrected chi connectivity index (χ3v) is 2.36. The van der Waals surface area contributed by atoms with Gasteiger partial charge in [-0.15, -0.1) is 11.6 Å². The summed E-state index contributed by atoms with van der Waals surface area (Å²) in [5.41, 5.74) is -0.971. The van der Waals surface area contributed by atoms with Gasteiger partial charge in [0.25, 0.3) is 0 Å². The van der Waals surface area contributed by atoms with E-state index in [1.54, 1.807) is 0 Å². The average Bonchev–Trinajstić information content (AvgIpc) is 2.25. The Morgan fingerprint density at radius 3 is 2.53 bits per heavy atom. The lowest BCUT2D eigenvalue weighted by molar-refractivity contribution is -0.137. The predicted molar refractivity (Wildman–Crippen MR) is 58.4 cm³/mol. The van der Waals surface area contributed by atoms with Crippen LogP contribution in [0.4, 0.5) is 19.0 Å². The van der Waals surface area contributed by atoms with E-state index >= 15 is 0 Å². The van der Waals surface area contributed by atoms with Gasteiger partial charge >= 0.3 is 6.18 Å². The van der Waals surface area contributed by atoms with E-state index in [9.17, 15) is 18.0 Å². The number of rotatable bonds is 2. The van der Waals surface area contributed by atoms with Crippen LogP contribution >= 0.6 is 23.2 Å². The molecule has 1 heterocycles. The van der Waals surface area contributed by atoms with Gasteiger partial charge < -0.3 is 0 Å². The Morgan fingerprint density at radius 1 is 1.47 bits per heavy atom. The molecule has 1 aromatic heterocycles. The summed E-state index contributed by atoms with van der Waals surface area (Å²) in [7, 11) is 1.27. The Labute approximate surface area is 105 Å². The standard InChI is InChI=1S/C9H7Cl2F3N2O/c1-16(8(17)4-10)7-3-5(9(12,13)14)2-6(11)15-7/h2-3H,4H2,1H3. The van der Waals surface area contributed by atoms with Crippen molar-refractivity contribution < 1.29 is 18.0 Å². The maximum atomic E-state index is 12.5. The van der Waals surface area contributed by atoms with Crippen molar-refractivity contribution in [3.05, 3.63) is 22.8 Å². The van der Waals surface area contributed by atoms with Crippen LogP contribution in [0, 0.1) is 0 Å². The third-order valence-electron chi connectivity index (χ3n) is 1.94. The van der Waals surface area contributed by atoms with Gasteiger partial charge in [-0.3, -0.25) is 9.69 Å². The minimum absolute atomic E-state index is 0.199. The fourth-order valence-corrected chi connectivity index (χ4v) is 1.42. The fraction of sp³-hybridized carbons (Fsp3) is 0.333. The molecule has 0 spiro atoms. The first-order chi connectivity index (χ1) is 7.75. The topological polar surface area (TPSA) is 33.2 Å². The minimum Gasteiger partial charge on any atom is -0.299 e. The zero-order valence-electron chi connectivity index (χ0n) is 8.55. The Kier molecular flexibility index (Phi) is 4.21. The molecule has 0 aliphatic rings. The first kappa shape index (κ1) is 14.1. The van der Waals surface area contributed by atoms with E-state index in [2.05, 4.69) is 4.98 Å². The van der Waals surface area contributed by atoms with Crippen LogP contribution in [0.2, 0.25) is 5.15 Å². The summed E-state index contributed by atoms with van der Waals surface area (Å²) in [4.78, 5) is 15.8. The Bertz CT molecular complexity index is 437. The van der Waals surface area contributed by atoms with Crippen molar-refractivity contribution in [1.29, 1.82) is 0 Å². The number of anilines is 1. The molecule has 0 aromatic carbocycles. The van der Waals surface area contributed by atoms with Crippen molar-refractivity contribution in [2.75, 3.05) is 17.8 Å². The molecule has 0 saturated carbocycles. The summed E-state index contributed by atoms with van der Waals surface area (Å²) in [6, 6.07) is 1.42. The summed E-state index contributed by atoms with van der Waals surface area (Å²) < 4.78 is 37.4. The van der Waals surface area contributed by atoms with E-state index in [-0.39, 0.29) is 16.9 Å². The molecule has 1 rings (SSSR count). The zero-order chi connectivity index (χ0) is 13.2. The van der Waals surface area contributed by atoms with Crippen LogP contribution in [0.25, 0.3) is 0 Å². The van der Waals surface area contributed by atoms with E-state index in [0.29, 0.717) is 6.07 Å². The number of nitrogens with zero attached hydrogens (tertiary/aromatic N) is 2. The summed E-state index contributed by atoms with van der Waals surface area (Å²) in [6.45, 7) is 0. The second kappa shape index (κ2) is 5.10. The van der Waals surface area contributed by atoms with E-state index in [4.69, 9.17) is 23.2 Å². The molecular formula is C9H7Cl2F3N2O. The van der Waals surface area contributed by atoms with Gasteiger partial charge in [0.1, 0.15) is 16.9 Å². The van der Waals surface area contributed by atoms with Crippen molar-refractivity contribution in [2.45, 2.75) is 6.18 Å². The highest BCUT2D eigenvalue weighted by atomic mass is 35.5. The lowest BCUT2D eigenvalue weighted by atomic mass is 10.2. The van der Waals surface area contributed by atoms with Crippen LogP contribution in [-0.2, 0) is 11.0 Å². The summed E-state index contributed by atoms with van der Waals surface area (Å²) in [5.74, 6) is -1.13. The lowest BCUT2D eigenvalue weighted by Gasteiger charge is -2.16. The highest BCUT2D eigenvalue weighted by Gasteiger charge is 2.32. The van der Waals surface area contributed by atoms with Crippen LogP contribution < -0.4 is 4.90 Å². The number of carbonyl (C=O) groups excluding carboxylic acids is 1. The predicted octanol–water partition coefficient (Wildman–Crippen LogP) is 2.96. The molecule has 0 N–H and O–H groups in total. The SMILES string of the molecule is CN(C(=O)CCl)c1cc(C(F)(F)F)cc(Cl)n1. The minimum atomic E-state index is -4.55. The molecule has 94 valence electrons. The molecule has 3 nitrogen and oxygen atoms in total. The summed E-state index contributed by atoms with van der Waals surface area (Å²) in [5, 5.41) is -0.343. The number of alkyl halides is 4. The number of halogens is 5. The van der Waals surface area contributed by atoms with E-state index in [1.165, 1.54) is 7.05 Å². The van der Waals surface area contributed by atoms with Gasteiger partial charge in [-0.1, -0.05) is 11.6 Å². The van der Waals surface area contributed by atoms with Crippen LogP contribution in [0.1, 0.15) is 5.56 Å². The van der Waals surface area contributed by atoms with Crippen molar-refractivity contribution in [3.8, 4) is 0 Å². The Hall–Kier alpha value is -1.01. The highest BCUT2D eigenvalue weighted by Crippen LogP contribution is 2.32. The monoisotopic (exact) mass is 286 g/mol. The zero-order valence-corrected chi connectivity index (χ0v) is 10.1. The Morgan fingerprint density at radius 2 is 2.06 bits per heavy atom. The Balaban J connectivity index is 3.18. The molecule has 0 bridgehead atoms. The molecule has 0 fully saturated rings. The first-order valence-corrected chi connectivity index (χ1v) is 5.24. The second-order valence-corrected chi connectivity index (χ2v) is 3.78. The number of pyridine rings is 1. The summed E-state index contributed by atoms with van der Waals surface area (Å²) in [6.07, 6.45) is -4.55. The smallest absolute Gasteiger partial charge is 0.299 e. The van der Waals surface area contributed by atoms with Gasteiger partial charge in [0, 0.05) is 7.05 Å². The van der Waals surface area contributed by atoms with Crippen LogP contribution in [0.3, 0.4) is 0 Å². The number of aromatic nitrogens is 1. The highest BCUT2D eigenvalue weighted by molar-refractivity contribution is 6.30. The summed E-state index contributed by atoms with van der Waals surface area (Å²) >= 11 is 10.8. The maximum Gasteiger partial charge on any atom is 0.416 e. The number of hydrogen-bond acceptors (Lipinski definition) is 2. The normalized spacial score (nSPS) is 11.4. The largest absolute Gasteiger partial charge is 0.416 e. The maximum absolute atomic E-state index is 12.5. The van der Waals surface area contributed by atoms with Gasteiger partial charge in [-0.2, -0.15) is 13.2 Å². The first-order valence-electron chi connectivity index (χ1n) is 4.33. The number of amides is 1. The van der Waals surface area contributed by atoms with Crippen LogP contribution in [0.15, 0.2) is 12.1 Å². The van der Waals surface area contributed by atoms with Gasteiger partial charge in [0.15, 0.2) is 0 Å². The van der Waals surface area contributed by atoms with Gasteiger partial charge in [-0.05, 0) is 12.1 Å². The van der Waals surface area contributed by atoms with E-state index < -0.39 is 17.6 Å². The quantitative estimate of drug-likeness (QED) is 0.619. The molecule has 0 radical (unpaired) electrons. The molecule has 17 heavy (non-hydrogen) atoms. The molecule has 0 unspecified atom stereocenters.